The zero-order valence-electron chi connectivity index (χ0n) is 8.84. The maximum atomic E-state index is 6.00. The Kier molecular flexibility index (Phi) is 4.17. The summed E-state index contributed by atoms with van der Waals surface area (Å²) >= 11 is 6.00. The molecule has 1 heterocycles. The number of pyridine rings is 1. The molecule has 0 aliphatic heterocycles. The van der Waals surface area contributed by atoms with E-state index < -0.39 is 0 Å². The molecule has 0 spiro atoms. The van der Waals surface area contributed by atoms with Gasteiger partial charge in [0.05, 0.1) is 5.02 Å². The molecule has 1 aromatic rings. The van der Waals surface area contributed by atoms with E-state index in [9.17, 15) is 0 Å². The highest BCUT2D eigenvalue weighted by molar-refractivity contribution is 6.31. The summed E-state index contributed by atoms with van der Waals surface area (Å²) in [7, 11) is 3.92. The molecular formula is C10H16ClN3. The molecule has 0 aliphatic carbocycles. The average Bonchev–Trinajstić information content (AvgIpc) is 2.20. The third-order valence-electron chi connectivity index (χ3n) is 2.15. The van der Waals surface area contributed by atoms with Crippen molar-refractivity contribution in [1.82, 2.24) is 10.3 Å². The van der Waals surface area contributed by atoms with E-state index in [1.165, 1.54) is 0 Å². The summed E-state index contributed by atoms with van der Waals surface area (Å²) in [5.74, 6) is 0.960. The largest absolute Gasteiger partial charge is 0.360 e. The quantitative estimate of drug-likeness (QED) is 0.829. The zero-order valence-corrected chi connectivity index (χ0v) is 9.60. The molecule has 14 heavy (non-hydrogen) atoms. The van der Waals surface area contributed by atoms with Crippen LogP contribution in [0, 0.1) is 0 Å². The summed E-state index contributed by atoms with van der Waals surface area (Å²) in [6.45, 7) is 3.80. The predicted octanol–water partition coefficient (Wildman–Crippen LogP) is 1.91. The van der Waals surface area contributed by atoms with Crippen LogP contribution in [0.1, 0.15) is 12.5 Å². The highest BCUT2D eigenvalue weighted by Gasteiger charge is 2.04. The van der Waals surface area contributed by atoms with Crippen molar-refractivity contribution in [3.05, 3.63) is 22.8 Å². The van der Waals surface area contributed by atoms with E-state index in [1.54, 1.807) is 6.20 Å². The van der Waals surface area contributed by atoms with Crippen LogP contribution in [0.2, 0.25) is 5.02 Å². The van der Waals surface area contributed by atoms with E-state index in [-0.39, 0.29) is 0 Å². The van der Waals surface area contributed by atoms with E-state index in [2.05, 4.69) is 22.1 Å². The Labute approximate surface area is 90.1 Å². The number of aromatic nitrogens is 1. The summed E-state index contributed by atoms with van der Waals surface area (Å²) in [6.07, 6.45) is 1.70. The number of halogens is 1. The average molecular weight is 214 g/mol. The Balaban J connectivity index is 2.93. The minimum Gasteiger partial charge on any atom is -0.360 e. The molecular weight excluding hydrogens is 198 g/mol. The first-order chi connectivity index (χ1) is 6.69. The summed E-state index contributed by atoms with van der Waals surface area (Å²) in [5.41, 5.74) is 1.08. The second kappa shape index (κ2) is 5.17. The van der Waals surface area contributed by atoms with Crippen molar-refractivity contribution < 1.29 is 0 Å². The van der Waals surface area contributed by atoms with Gasteiger partial charge in [0.25, 0.3) is 0 Å². The molecule has 0 saturated carbocycles. The van der Waals surface area contributed by atoms with Crippen molar-refractivity contribution in [3.8, 4) is 0 Å². The third kappa shape index (κ3) is 2.59. The molecule has 0 aliphatic rings. The molecule has 0 atom stereocenters. The van der Waals surface area contributed by atoms with Crippen LogP contribution in [-0.4, -0.2) is 25.6 Å². The monoisotopic (exact) mass is 213 g/mol. The maximum absolute atomic E-state index is 6.00. The highest BCUT2D eigenvalue weighted by atomic mass is 35.5. The van der Waals surface area contributed by atoms with Crippen LogP contribution in [-0.2, 0) is 6.54 Å². The zero-order chi connectivity index (χ0) is 10.6. The minimum atomic E-state index is 0.715. The number of nitrogens with zero attached hydrogens (tertiary/aromatic N) is 2. The van der Waals surface area contributed by atoms with E-state index >= 15 is 0 Å². The number of rotatable bonds is 4. The van der Waals surface area contributed by atoms with Crippen molar-refractivity contribution in [1.29, 1.82) is 0 Å². The van der Waals surface area contributed by atoms with Gasteiger partial charge in [-0.2, -0.15) is 0 Å². The number of hydrogen-bond donors (Lipinski definition) is 1. The Morgan fingerprint density at radius 2 is 2.29 bits per heavy atom. The van der Waals surface area contributed by atoms with Crippen LogP contribution in [0.4, 0.5) is 5.82 Å². The molecule has 0 unspecified atom stereocenters. The van der Waals surface area contributed by atoms with Gasteiger partial charge < -0.3 is 10.2 Å². The molecule has 4 heteroatoms. The lowest BCUT2D eigenvalue weighted by Crippen LogP contribution is -2.18. The Bertz CT molecular complexity index is 301. The van der Waals surface area contributed by atoms with Crippen molar-refractivity contribution in [3.63, 3.8) is 0 Å². The predicted molar refractivity (Wildman–Crippen MR) is 61.0 cm³/mol. The summed E-state index contributed by atoms with van der Waals surface area (Å²) < 4.78 is 0. The highest BCUT2D eigenvalue weighted by Crippen LogP contribution is 2.19. The fraction of sp³-hybridized carbons (Fsp3) is 0.500. The molecule has 1 aromatic heterocycles. The molecule has 0 radical (unpaired) electrons. The lowest BCUT2D eigenvalue weighted by molar-refractivity contribution is 0.813. The molecule has 1 rings (SSSR count). The summed E-state index contributed by atoms with van der Waals surface area (Å²) in [5, 5.41) is 3.79. The minimum absolute atomic E-state index is 0.715. The smallest absolute Gasteiger partial charge is 0.128 e. The second-order valence-electron chi connectivity index (χ2n) is 3.18. The van der Waals surface area contributed by atoms with Gasteiger partial charge in [-0.3, -0.25) is 0 Å². The Morgan fingerprint density at radius 1 is 1.57 bits per heavy atom. The van der Waals surface area contributed by atoms with Crippen LogP contribution < -0.4 is 10.2 Å². The second-order valence-corrected chi connectivity index (χ2v) is 3.59. The van der Waals surface area contributed by atoms with Crippen LogP contribution in [0.15, 0.2) is 12.3 Å². The van der Waals surface area contributed by atoms with E-state index in [4.69, 9.17) is 11.6 Å². The normalized spacial score (nSPS) is 10.3. The van der Waals surface area contributed by atoms with Crippen LogP contribution >= 0.6 is 11.6 Å². The maximum Gasteiger partial charge on any atom is 0.128 e. The summed E-state index contributed by atoms with van der Waals surface area (Å²) in [4.78, 5) is 6.34. The molecule has 78 valence electrons. The molecule has 1 N–H and O–H groups in total. The lowest BCUT2D eigenvalue weighted by atomic mass is 10.2. The van der Waals surface area contributed by atoms with Crippen LogP contribution in [0.5, 0.6) is 0 Å². The Morgan fingerprint density at radius 3 is 2.86 bits per heavy atom. The SMILES string of the molecule is CCN(C)c1cc(CNC)c(Cl)cn1. The van der Waals surface area contributed by atoms with Gasteiger partial charge in [-0.05, 0) is 25.6 Å². The lowest BCUT2D eigenvalue weighted by Gasteiger charge is -2.16. The molecule has 0 fully saturated rings. The Hall–Kier alpha value is -0.800. The topological polar surface area (TPSA) is 28.2 Å². The number of hydrogen-bond acceptors (Lipinski definition) is 3. The van der Waals surface area contributed by atoms with Gasteiger partial charge >= 0.3 is 0 Å². The molecule has 0 saturated heterocycles. The van der Waals surface area contributed by atoms with E-state index in [0.29, 0.717) is 5.02 Å². The molecule has 3 nitrogen and oxygen atoms in total. The first-order valence-electron chi connectivity index (χ1n) is 4.69. The fourth-order valence-corrected chi connectivity index (χ4v) is 1.33. The van der Waals surface area contributed by atoms with Gasteiger partial charge in [0.15, 0.2) is 0 Å². The number of anilines is 1. The first kappa shape index (κ1) is 11.3. The first-order valence-corrected chi connectivity index (χ1v) is 5.07. The number of nitrogens with one attached hydrogen (secondary N) is 1. The molecule has 0 amide bonds. The standard InChI is InChI=1S/C10H16ClN3/c1-4-14(3)10-5-8(6-12-2)9(11)7-13-10/h5,7,12H,4,6H2,1-3H3. The fourth-order valence-electron chi connectivity index (χ4n) is 1.16. The van der Waals surface area contributed by atoms with Gasteiger partial charge in [0.1, 0.15) is 5.82 Å². The van der Waals surface area contributed by atoms with Crippen LogP contribution in [0.25, 0.3) is 0 Å². The van der Waals surface area contributed by atoms with E-state index in [1.807, 2.05) is 20.2 Å². The van der Waals surface area contributed by atoms with Crippen molar-refractivity contribution in [2.24, 2.45) is 0 Å². The van der Waals surface area contributed by atoms with Gasteiger partial charge in [-0.25, -0.2) is 4.98 Å². The van der Waals surface area contributed by atoms with Gasteiger partial charge in [0, 0.05) is 26.3 Å². The van der Waals surface area contributed by atoms with Gasteiger partial charge in [0.2, 0.25) is 0 Å². The molecule has 0 bridgehead atoms. The van der Waals surface area contributed by atoms with Crippen molar-refractivity contribution in [2.75, 3.05) is 25.5 Å². The molecule has 0 aromatic carbocycles. The van der Waals surface area contributed by atoms with Crippen molar-refractivity contribution >= 4 is 17.4 Å². The van der Waals surface area contributed by atoms with Crippen LogP contribution in [0.3, 0.4) is 0 Å². The van der Waals surface area contributed by atoms with Gasteiger partial charge in [-0.15, -0.1) is 0 Å². The van der Waals surface area contributed by atoms with Crippen molar-refractivity contribution in [2.45, 2.75) is 13.5 Å². The van der Waals surface area contributed by atoms with Gasteiger partial charge in [-0.1, -0.05) is 11.6 Å². The van der Waals surface area contributed by atoms with E-state index in [0.717, 1.165) is 24.5 Å². The third-order valence-corrected chi connectivity index (χ3v) is 2.49. The summed E-state index contributed by atoms with van der Waals surface area (Å²) in [6, 6.07) is 2.02.